The van der Waals surface area contributed by atoms with Crippen molar-refractivity contribution in [3.05, 3.63) is 53.7 Å². The van der Waals surface area contributed by atoms with E-state index in [1.54, 1.807) is 40.2 Å². The van der Waals surface area contributed by atoms with Crippen LogP contribution >= 0.6 is 0 Å². The van der Waals surface area contributed by atoms with Gasteiger partial charge >= 0.3 is 0 Å². The number of carbonyl (C=O) groups is 1. The van der Waals surface area contributed by atoms with Gasteiger partial charge in [0, 0.05) is 37.9 Å². The fraction of sp³-hybridized carbons (Fsp3) is 0.368. The Morgan fingerprint density at radius 1 is 1.26 bits per heavy atom. The lowest BCUT2D eigenvalue weighted by molar-refractivity contribution is -0.129. The summed E-state index contributed by atoms with van der Waals surface area (Å²) in [6, 6.07) is 6.40. The number of nitrogens with zero attached hydrogens (tertiary/aromatic N) is 5. The van der Waals surface area contributed by atoms with Crippen LogP contribution in [0.1, 0.15) is 23.6 Å². The molecule has 140 valence electrons. The van der Waals surface area contributed by atoms with E-state index in [-0.39, 0.29) is 24.1 Å². The highest BCUT2D eigenvalue weighted by Gasteiger charge is 2.31. The zero-order valence-electron chi connectivity index (χ0n) is 14.9. The van der Waals surface area contributed by atoms with Gasteiger partial charge in [-0.2, -0.15) is 5.10 Å². The second kappa shape index (κ2) is 7.40. The Balaban J connectivity index is 1.52. The van der Waals surface area contributed by atoms with Gasteiger partial charge < -0.3 is 10.6 Å². The van der Waals surface area contributed by atoms with Gasteiger partial charge in [0.15, 0.2) is 5.65 Å². The standard InChI is InChI=1S/C19H21FN6O/c20-15-4-2-1-3-13(15)11-16(27)25-9-5-14(12-25)17-18-19(23-8-7-22-18)26(24-17)10-6-21/h1-4,7-8,14H,5-6,9-12,21H2/t14-/m1/s1. The van der Waals surface area contributed by atoms with E-state index in [1.165, 1.54) is 6.07 Å². The van der Waals surface area contributed by atoms with Crippen molar-refractivity contribution >= 4 is 17.1 Å². The molecule has 8 heteroatoms. The molecule has 1 amide bonds. The molecule has 27 heavy (non-hydrogen) atoms. The Kier molecular flexibility index (Phi) is 4.81. The summed E-state index contributed by atoms with van der Waals surface area (Å²) >= 11 is 0. The highest BCUT2D eigenvalue weighted by molar-refractivity contribution is 5.79. The van der Waals surface area contributed by atoms with Crippen LogP contribution in [0.2, 0.25) is 0 Å². The van der Waals surface area contributed by atoms with Crippen molar-refractivity contribution in [1.82, 2.24) is 24.6 Å². The minimum absolute atomic E-state index is 0.0700. The maximum absolute atomic E-state index is 13.8. The van der Waals surface area contributed by atoms with Crippen molar-refractivity contribution < 1.29 is 9.18 Å². The Bertz CT molecular complexity index is 972. The summed E-state index contributed by atoms with van der Waals surface area (Å²) in [5, 5.41) is 4.67. The monoisotopic (exact) mass is 368 g/mol. The van der Waals surface area contributed by atoms with Gasteiger partial charge in [-0.05, 0) is 18.1 Å². The van der Waals surface area contributed by atoms with Gasteiger partial charge in [-0.1, -0.05) is 18.2 Å². The molecule has 1 aliphatic heterocycles. The van der Waals surface area contributed by atoms with Crippen LogP contribution in [0.3, 0.4) is 0 Å². The number of likely N-dealkylation sites (tertiary alicyclic amines) is 1. The highest BCUT2D eigenvalue weighted by atomic mass is 19.1. The summed E-state index contributed by atoms with van der Waals surface area (Å²) in [5.74, 6) is -0.324. The van der Waals surface area contributed by atoms with Crippen LogP contribution in [0.25, 0.3) is 11.2 Å². The summed E-state index contributed by atoms with van der Waals surface area (Å²) < 4.78 is 15.6. The lowest BCUT2D eigenvalue weighted by Crippen LogP contribution is -2.30. The molecule has 7 nitrogen and oxygen atoms in total. The van der Waals surface area contributed by atoms with Crippen LogP contribution in [0.4, 0.5) is 4.39 Å². The molecule has 2 N–H and O–H groups in total. The van der Waals surface area contributed by atoms with Gasteiger partial charge in [-0.25, -0.2) is 19.0 Å². The summed E-state index contributed by atoms with van der Waals surface area (Å²) in [6.45, 7) is 2.21. The van der Waals surface area contributed by atoms with E-state index >= 15 is 0 Å². The molecular weight excluding hydrogens is 347 g/mol. The molecule has 0 saturated carbocycles. The van der Waals surface area contributed by atoms with Crippen molar-refractivity contribution in [3.63, 3.8) is 0 Å². The maximum Gasteiger partial charge on any atom is 0.227 e. The molecule has 4 rings (SSSR count). The fourth-order valence-corrected chi connectivity index (χ4v) is 3.60. The van der Waals surface area contributed by atoms with Crippen LogP contribution in [0.5, 0.6) is 0 Å². The Morgan fingerprint density at radius 3 is 2.89 bits per heavy atom. The predicted octanol–water partition coefficient (Wildman–Crippen LogP) is 1.48. The molecule has 0 unspecified atom stereocenters. The number of fused-ring (bicyclic) bond motifs is 1. The molecular formula is C19H21FN6O. The van der Waals surface area contributed by atoms with E-state index in [4.69, 9.17) is 5.73 Å². The maximum atomic E-state index is 13.8. The number of halogens is 1. The number of hydrogen-bond donors (Lipinski definition) is 1. The minimum Gasteiger partial charge on any atom is -0.342 e. The molecule has 3 heterocycles. The number of aromatic nitrogens is 4. The first-order chi connectivity index (χ1) is 13.2. The van der Waals surface area contributed by atoms with Gasteiger partial charge in [0.25, 0.3) is 0 Å². The topological polar surface area (TPSA) is 89.9 Å². The second-order valence-electron chi connectivity index (χ2n) is 6.72. The van der Waals surface area contributed by atoms with Gasteiger partial charge in [-0.3, -0.25) is 4.79 Å². The third-order valence-electron chi connectivity index (χ3n) is 4.96. The predicted molar refractivity (Wildman–Crippen MR) is 98.4 cm³/mol. The number of benzene rings is 1. The number of carbonyl (C=O) groups excluding carboxylic acids is 1. The van der Waals surface area contributed by atoms with Crippen molar-refractivity contribution in [1.29, 1.82) is 0 Å². The van der Waals surface area contributed by atoms with Crippen molar-refractivity contribution in [2.75, 3.05) is 19.6 Å². The van der Waals surface area contributed by atoms with Crippen molar-refractivity contribution in [2.24, 2.45) is 5.73 Å². The Morgan fingerprint density at radius 2 is 2.07 bits per heavy atom. The first kappa shape index (κ1) is 17.5. The summed E-state index contributed by atoms with van der Waals surface area (Å²) in [7, 11) is 0. The third-order valence-corrected chi connectivity index (χ3v) is 4.96. The lowest BCUT2D eigenvalue weighted by Gasteiger charge is -2.16. The largest absolute Gasteiger partial charge is 0.342 e. The minimum atomic E-state index is -0.344. The SMILES string of the molecule is NCCn1nc([C@@H]2CCN(C(=O)Cc3ccccc3F)C2)c2nccnc21. The summed E-state index contributed by atoms with van der Waals surface area (Å²) in [4.78, 5) is 23.2. The number of hydrogen-bond acceptors (Lipinski definition) is 5. The van der Waals surface area contributed by atoms with Gasteiger partial charge in [0.1, 0.15) is 11.3 Å². The second-order valence-corrected chi connectivity index (χ2v) is 6.72. The van der Waals surface area contributed by atoms with E-state index in [9.17, 15) is 9.18 Å². The first-order valence-corrected chi connectivity index (χ1v) is 9.06. The quantitative estimate of drug-likeness (QED) is 0.737. The third kappa shape index (κ3) is 3.40. The molecule has 1 aliphatic rings. The van der Waals surface area contributed by atoms with Crippen LogP contribution < -0.4 is 5.73 Å². The number of amides is 1. The van der Waals surface area contributed by atoms with Crippen LogP contribution in [0.15, 0.2) is 36.7 Å². The molecule has 1 atom stereocenters. The Hall–Kier alpha value is -2.87. The van der Waals surface area contributed by atoms with E-state index in [2.05, 4.69) is 15.1 Å². The van der Waals surface area contributed by atoms with Gasteiger partial charge in [0.2, 0.25) is 5.91 Å². The number of rotatable bonds is 5. The highest BCUT2D eigenvalue weighted by Crippen LogP contribution is 2.30. The average Bonchev–Trinajstić information content (AvgIpc) is 3.29. The molecule has 0 aliphatic carbocycles. The molecule has 1 aromatic carbocycles. The van der Waals surface area contributed by atoms with Crippen LogP contribution in [-0.2, 0) is 17.8 Å². The van der Waals surface area contributed by atoms with Crippen molar-refractivity contribution in [3.8, 4) is 0 Å². The molecule has 3 aromatic rings. The van der Waals surface area contributed by atoms with Crippen molar-refractivity contribution in [2.45, 2.75) is 25.3 Å². The van der Waals surface area contributed by atoms with Crippen LogP contribution in [-0.4, -0.2) is 50.2 Å². The van der Waals surface area contributed by atoms with E-state index in [1.807, 2.05) is 0 Å². The molecule has 0 bridgehead atoms. The molecule has 0 spiro atoms. The molecule has 2 aromatic heterocycles. The smallest absolute Gasteiger partial charge is 0.227 e. The average molecular weight is 368 g/mol. The normalized spacial score (nSPS) is 17.0. The summed E-state index contributed by atoms with van der Waals surface area (Å²) in [5.41, 5.74) is 8.43. The zero-order chi connectivity index (χ0) is 18.8. The molecule has 1 fully saturated rings. The zero-order valence-corrected chi connectivity index (χ0v) is 14.9. The molecule has 0 radical (unpaired) electrons. The van der Waals surface area contributed by atoms with Gasteiger partial charge in [-0.15, -0.1) is 0 Å². The van der Waals surface area contributed by atoms with E-state index < -0.39 is 0 Å². The molecule has 1 saturated heterocycles. The number of nitrogens with two attached hydrogens (primary N) is 1. The van der Waals surface area contributed by atoms with E-state index in [0.29, 0.717) is 37.4 Å². The summed E-state index contributed by atoms with van der Waals surface area (Å²) in [6.07, 6.45) is 4.16. The fourth-order valence-electron chi connectivity index (χ4n) is 3.60. The Labute approximate surface area is 156 Å². The van der Waals surface area contributed by atoms with Crippen LogP contribution in [0, 0.1) is 5.82 Å². The van der Waals surface area contributed by atoms with Gasteiger partial charge in [0.05, 0.1) is 18.7 Å². The first-order valence-electron chi connectivity index (χ1n) is 9.06. The van der Waals surface area contributed by atoms with E-state index in [0.717, 1.165) is 17.6 Å². The lowest BCUT2D eigenvalue weighted by atomic mass is 10.0.